The summed E-state index contributed by atoms with van der Waals surface area (Å²) in [7, 11) is -2.35. The molecule has 0 heterocycles. The normalized spacial score (nSPS) is 15.6. The number of carboxylic acid groups (broad SMARTS) is 1. The first-order chi connectivity index (χ1) is 19.1. The number of nitrogens with zero attached hydrogens (tertiary/aromatic N) is 1. The predicted molar refractivity (Wildman–Crippen MR) is 174 cm³/mol. The molecule has 240 valence electrons. The van der Waals surface area contributed by atoms with Gasteiger partial charge in [0.1, 0.15) is 6.04 Å². The standard InChI is InChI=1S/C33H59N3O5Si/c1-22(2)19-26(36(31(39)40)32(6,7)8)27(41-42(12,13)33(9,10)11)20-24(5)29(37)35-28(23(3)4)30(38)34-21-25-17-15-14-16-18-25/h14-18,22-24,26-28H,19-21H2,1-13H3,(H,34,38)(H,35,37)(H,39,40)/t24-,26+,27+,28+/m1/s1. The second kappa shape index (κ2) is 15.4. The maximum atomic E-state index is 13.6. The van der Waals surface area contributed by atoms with Gasteiger partial charge in [0, 0.05) is 18.0 Å². The maximum absolute atomic E-state index is 13.6. The fourth-order valence-electron chi connectivity index (χ4n) is 4.85. The number of amides is 3. The Kier molecular flexibility index (Phi) is 13.8. The van der Waals surface area contributed by atoms with Crippen molar-refractivity contribution in [3.05, 3.63) is 35.9 Å². The van der Waals surface area contributed by atoms with Crippen LogP contribution in [-0.4, -0.2) is 60.0 Å². The summed E-state index contributed by atoms with van der Waals surface area (Å²) in [6, 6.07) is 8.52. The zero-order valence-electron chi connectivity index (χ0n) is 28.5. The Hall–Kier alpha value is -2.39. The molecule has 0 fully saturated rings. The lowest BCUT2D eigenvalue weighted by Gasteiger charge is -2.48. The molecule has 0 unspecified atom stereocenters. The number of nitrogens with one attached hydrogen (secondary N) is 2. The quantitative estimate of drug-likeness (QED) is 0.197. The van der Waals surface area contributed by atoms with E-state index < -0.39 is 44.1 Å². The molecule has 3 amide bonds. The molecule has 0 aliphatic carbocycles. The van der Waals surface area contributed by atoms with E-state index >= 15 is 0 Å². The van der Waals surface area contributed by atoms with Gasteiger partial charge in [-0.25, -0.2) is 4.79 Å². The molecule has 1 aromatic carbocycles. The molecule has 8 nitrogen and oxygen atoms in total. The van der Waals surface area contributed by atoms with Crippen LogP contribution in [0.1, 0.15) is 94.6 Å². The Morgan fingerprint density at radius 2 is 1.45 bits per heavy atom. The first-order valence-electron chi connectivity index (χ1n) is 15.4. The van der Waals surface area contributed by atoms with Crippen LogP contribution in [0.25, 0.3) is 0 Å². The molecule has 0 saturated heterocycles. The first kappa shape index (κ1) is 37.6. The molecule has 4 atom stereocenters. The van der Waals surface area contributed by atoms with Crippen molar-refractivity contribution >= 4 is 26.2 Å². The topological polar surface area (TPSA) is 108 Å². The van der Waals surface area contributed by atoms with Crippen LogP contribution in [0.5, 0.6) is 0 Å². The van der Waals surface area contributed by atoms with Gasteiger partial charge >= 0.3 is 6.09 Å². The van der Waals surface area contributed by atoms with Gasteiger partial charge in [0.15, 0.2) is 8.32 Å². The van der Waals surface area contributed by atoms with Crippen LogP contribution >= 0.6 is 0 Å². The Labute approximate surface area is 256 Å². The van der Waals surface area contributed by atoms with E-state index in [1.54, 1.807) is 0 Å². The minimum atomic E-state index is -2.35. The highest BCUT2D eigenvalue weighted by atomic mass is 28.4. The summed E-state index contributed by atoms with van der Waals surface area (Å²) in [5.41, 5.74) is 0.322. The van der Waals surface area contributed by atoms with Crippen molar-refractivity contribution in [3.8, 4) is 0 Å². The third-order valence-electron chi connectivity index (χ3n) is 8.24. The number of hydrogen-bond donors (Lipinski definition) is 3. The monoisotopic (exact) mass is 605 g/mol. The van der Waals surface area contributed by atoms with E-state index in [-0.39, 0.29) is 28.7 Å². The van der Waals surface area contributed by atoms with Gasteiger partial charge in [-0.05, 0) is 69.1 Å². The summed E-state index contributed by atoms with van der Waals surface area (Å²) in [4.78, 5) is 40.9. The molecule has 42 heavy (non-hydrogen) atoms. The summed E-state index contributed by atoms with van der Waals surface area (Å²) in [5, 5.41) is 16.2. The lowest BCUT2D eigenvalue weighted by atomic mass is 9.88. The molecular formula is C33H59N3O5Si. The average Bonchev–Trinajstić information content (AvgIpc) is 2.83. The zero-order chi connectivity index (χ0) is 32.6. The second-order valence-corrected chi connectivity index (χ2v) is 19.8. The van der Waals surface area contributed by atoms with E-state index in [1.807, 2.05) is 71.9 Å². The molecule has 1 rings (SSSR count). The van der Waals surface area contributed by atoms with E-state index in [0.29, 0.717) is 19.4 Å². The van der Waals surface area contributed by atoms with Crippen molar-refractivity contribution in [2.75, 3.05) is 0 Å². The molecule has 0 bridgehead atoms. The lowest BCUT2D eigenvalue weighted by Crippen LogP contribution is -2.59. The van der Waals surface area contributed by atoms with Gasteiger partial charge in [-0.1, -0.05) is 85.7 Å². The fourth-order valence-corrected chi connectivity index (χ4v) is 6.22. The van der Waals surface area contributed by atoms with Crippen LogP contribution in [0.4, 0.5) is 4.79 Å². The van der Waals surface area contributed by atoms with Gasteiger partial charge in [-0.2, -0.15) is 0 Å². The van der Waals surface area contributed by atoms with Gasteiger partial charge in [-0.15, -0.1) is 0 Å². The molecule has 0 saturated carbocycles. The summed E-state index contributed by atoms with van der Waals surface area (Å²) in [5.74, 6) is -0.881. The Bertz CT molecular complexity index is 1010. The zero-order valence-corrected chi connectivity index (χ0v) is 29.5. The molecule has 0 aliphatic rings. The minimum absolute atomic E-state index is 0.103. The van der Waals surface area contributed by atoms with Crippen LogP contribution in [0, 0.1) is 17.8 Å². The lowest BCUT2D eigenvalue weighted by molar-refractivity contribution is -0.132. The molecule has 0 aromatic heterocycles. The Morgan fingerprint density at radius 3 is 1.88 bits per heavy atom. The van der Waals surface area contributed by atoms with Gasteiger partial charge in [-0.3, -0.25) is 14.5 Å². The average molecular weight is 606 g/mol. The minimum Gasteiger partial charge on any atom is -0.465 e. The number of carbonyl (C=O) groups excluding carboxylic acids is 2. The van der Waals surface area contributed by atoms with E-state index in [0.717, 1.165) is 5.56 Å². The summed E-state index contributed by atoms with van der Waals surface area (Å²) >= 11 is 0. The summed E-state index contributed by atoms with van der Waals surface area (Å²) in [6.45, 7) is 26.7. The van der Waals surface area contributed by atoms with Crippen LogP contribution in [-0.2, 0) is 20.6 Å². The smallest absolute Gasteiger partial charge is 0.408 e. The van der Waals surface area contributed by atoms with E-state index in [2.05, 4.69) is 58.3 Å². The van der Waals surface area contributed by atoms with Crippen molar-refractivity contribution in [1.29, 1.82) is 0 Å². The second-order valence-electron chi connectivity index (χ2n) is 15.0. The third-order valence-corrected chi connectivity index (χ3v) is 12.7. The van der Waals surface area contributed by atoms with Crippen molar-refractivity contribution in [3.63, 3.8) is 0 Å². The first-order valence-corrected chi connectivity index (χ1v) is 18.3. The molecule has 3 N–H and O–H groups in total. The highest BCUT2D eigenvalue weighted by molar-refractivity contribution is 6.74. The predicted octanol–water partition coefficient (Wildman–Crippen LogP) is 7.05. The van der Waals surface area contributed by atoms with Crippen molar-refractivity contribution < 1.29 is 23.9 Å². The van der Waals surface area contributed by atoms with E-state index in [1.165, 1.54) is 4.90 Å². The van der Waals surface area contributed by atoms with Crippen molar-refractivity contribution in [2.45, 2.75) is 137 Å². The summed E-state index contributed by atoms with van der Waals surface area (Å²) in [6.07, 6.45) is -0.544. The number of hydrogen-bond acceptors (Lipinski definition) is 4. The van der Waals surface area contributed by atoms with Gasteiger partial charge in [0.2, 0.25) is 11.8 Å². The van der Waals surface area contributed by atoms with Gasteiger partial charge < -0.3 is 20.2 Å². The largest absolute Gasteiger partial charge is 0.465 e. The van der Waals surface area contributed by atoms with Crippen LogP contribution in [0.3, 0.4) is 0 Å². The molecule has 9 heteroatoms. The van der Waals surface area contributed by atoms with Crippen LogP contribution in [0.2, 0.25) is 18.1 Å². The number of benzene rings is 1. The molecule has 0 spiro atoms. The molecule has 0 radical (unpaired) electrons. The fraction of sp³-hybridized carbons (Fsp3) is 0.727. The Balaban J connectivity index is 3.32. The van der Waals surface area contributed by atoms with Crippen molar-refractivity contribution in [1.82, 2.24) is 15.5 Å². The third kappa shape index (κ3) is 11.4. The number of rotatable bonds is 14. The Morgan fingerprint density at radius 1 is 0.905 bits per heavy atom. The van der Waals surface area contributed by atoms with Gasteiger partial charge in [0.25, 0.3) is 0 Å². The maximum Gasteiger partial charge on any atom is 0.408 e. The highest BCUT2D eigenvalue weighted by Gasteiger charge is 2.45. The van der Waals surface area contributed by atoms with E-state index in [4.69, 9.17) is 4.43 Å². The van der Waals surface area contributed by atoms with Crippen molar-refractivity contribution in [2.24, 2.45) is 17.8 Å². The van der Waals surface area contributed by atoms with Gasteiger partial charge in [0.05, 0.1) is 12.1 Å². The van der Waals surface area contributed by atoms with E-state index in [9.17, 15) is 19.5 Å². The molecule has 0 aliphatic heterocycles. The molecule has 1 aromatic rings. The highest BCUT2D eigenvalue weighted by Crippen LogP contribution is 2.40. The van der Waals surface area contributed by atoms with Crippen LogP contribution < -0.4 is 10.6 Å². The molecular weight excluding hydrogens is 546 g/mol. The van der Waals surface area contributed by atoms with Crippen LogP contribution in [0.15, 0.2) is 30.3 Å². The number of carbonyl (C=O) groups is 3. The summed E-state index contributed by atoms with van der Waals surface area (Å²) < 4.78 is 6.97. The SMILES string of the molecule is CC(C)C[C@@H]([C@H](C[C@@H](C)C(=O)N[C@H](C(=O)NCc1ccccc1)C(C)C)O[Si](C)(C)C(C)(C)C)N(C(=O)O)C(C)(C)C.